The Bertz CT molecular complexity index is 368. The van der Waals surface area contributed by atoms with Crippen molar-refractivity contribution in [3.8, 4) is 0 Å². The van der Waals surface area contributed by atoms with Crippen LogP contribution in [0.3, 0.4) is 0 Å². The van der Waals surface area contributed by atoms with Crippen molar-refractivity contribution in [3.63, 3.8) is 0 Å². The molecule has 92 valence electrons. The smallest absolute Gasteiger partial charge is 0.191 e. The summed E-state index contributed by atoms with van der Waals surface area (Å²) in [6.45, 7) is 6.44. The zero-order chi connectivity index (χ0) is 12.1. The second-order valence-electron chi connectivity index (χ2n) is 3.99. The highest BCUT2D eigenvalue weighted by atomic mass is 15.3. The Kier molecular flexibility index (Phi) is 3.80. The molecule has 0 unspecified atom stereocenters. The molecule has 1 saturated heterocycles. The fourth-order valence-corrected chi connectivity index (χ4v) is 1.97. The Morgan fingerprint density at radius 1 is 1.35 bits per heavy atom. The molecule has 0 amide bonds. The number of hydrogen-bond donors (Lipinski definition) is 1. The quantitative estimate of drug-likeness (QED) is 0.598. The zero-order valence-corrected chi connectivity index (χ0v) is 10.2. The Balaban J connectivity index is 1.93. The van der Waals surface area contributed by atoms with Gasteiger partial charge in [-0.25, -0.2) is 4.98 Å². The summed E-state index contributed by atoms with van der Waals surface area (Å²) >= 11 is 0. The molecule has 2 heterocycles. The number of guanidine groups is 1. The van der Waals surface area contributed by atoms with Gasteiger partial charge in [-0.1, -0.05) is 6.07 Å². The van der Waals surface area contributed by atoms with Crippen LogP contribution < -0.4 is 10.6 Å². The van der Waals surface area contributed by atoms with E-state index in [-0.39, 0.29) is 0 Å². The first-order chi connectivity index (χ1) is 8.31. The minimum Gasteiger partial charge on any atom is -0.370 e. The van der Waals surface area contributed by atoms with Crippen LogP contribution >= 0.6 is 0 Å². The minimum atomic E-state index is 0.660. The second-order valence-corrected chi connectivity index (χ2v) is 3.99. The summed E-state index contributed by atoms with van der Waals surface area (Å²) in [6, 6.07) is 5.99. The van der Waals surface area contributed by atoms with Crippen molar-refractivity contribution in [3.05, 3.63) is 24.4 Å². The van der Waals surface area contributed by atoms with Gasteiger partial charge in [-0.05, 0) is 19.1 Å². The lowest BCUT2D eigenvalue weighted by Gasteiger charge is -2.35. The number of nitrogens with zero attached hydrogens (tertiary/aromatic N) is 4. The fourth-order valence-electron chi connectivity index (χ4n) is 1.97. The summed E-state index contributed by atoms with van der Waals surface area (Å²) in [5.41, 5.74) is 5.88. The molecule has 0 saturated carbocycles. The molecule has 5 nitrogen and oxygen atoms in total. The topological polar surface area (TPSA) is 57.8 Å². The van der Waals surface area contributed by atoms with E-state index in [4.69, 9.17) is 5.73 Å². The summed E-state index contributed by atoms with van der Waals surface area (Å²) < 4.78 is 0. The lowest BCUT2D eigenvalue weighted by Crippen LogP contribution is -2.51. The fraction of sp³-hybridized carbons (Fsp3) is 0.500. The highest BCUT2D eigenvalue weighted by Gasteiger charge is 2.18. The van der Waals surface area contributed by atoms with Crippen LogP contribution in [0, 0.1) is 0 Å². The lowest BCUT2D eigenvalue weighted by molar-refractivity contribution is 0.380. The molecule has 2 rings (SSSR count). The highest BCUT2D eigenvalue weighted by Crippen LogP contribution is 2.12. The van der Waals surface area contributed by atoms with E-state index in [9.17, 15) is 0 Å². The Morgan fingerprint density at radius 2 is 2.12 bits per heavy atom. The highest BCUT2D eigenvalue weighted by molar-refractivity contribution is 5.78. The molecular formula is C12H19N5. The number of hydrogen-bond acceptors (Lipinski definition) is 3. The first kappa shape index (κ1) is 11.7. The first-order valence-corrected chi connectivity index (χ1v) is 6.02. The standard InChI is InChI=1S/C12H19N5/c1-2-14-12(13)17-9-7-16(8-10-17)11-5-3-4-6-15-11/h3-6H,2,7-10H2,1H3,(H2,13,14). The predicted molar refractivity (Wildman–Crippen MR) is 70.2 cm³/mol. The molecule has 17 heavy (non-hydrogen) atoms. The zero-order valence-electron chi connectivity index (χ0n) is 10.2. The maximum atomic E-state index is 5.88. The van der Waals surface area contributed by atoms with Crippen LogP contribution in [0.2, 0.25) is 0 Å². The molecule has 1 aromatic rings. The molecule has 1 aliphatic heterocycles. The molecule has 1 aromatic heterocycles. The Hall–Kier alpha value is -1.78. The molecular weight excluding hydrogens is 214 g/mol. The number of aliphatic imine (C=N–C) groups is 1. The molecule has 0 bridgehead atoms. The first-order valence-electron chi connectivity index (χ1n) is 6.02. The molecule has 0 aromatic carbocycles. The van der Waals surface area contributed by atoms with Gasteiger partial charge >= 0.3 is 0 Å². The number of pyridine rings is 1. The van der Waals surface area contributed by atoms with E-state index in [0.29, 0.717) is 5.96 Å². The second kappa shape index (κ2) is 5.52. The third-order valence-corrected chi connectivity index (χ3v) is 2.90. The SMILES string of the molecule is CCN=C(N)N1CCN(c2ccccn2)CC1. The van der Waals surface area contributed by atoms with E-state index in [1.807, 2.05) is 31.3 Å². The molecule has 2 N–H and O–H groups in total. The van der Waals surface area contributed by atoms with E-state index in [1.165, 1.54) is 0 Å². The van der Waals surface area contributed by atoms with Gasteiger partial charge in [0.1, 0.15) is 5.82 Å². The van der Waals surface area contributed by atoms with Crippen LogP contribution in [-0.4, -0.2) is 48.6 Å². The summed E-state index contributed by atoms with van der Waals surface area (Å²) in [5.74, 6) is 1.70. The number of rotatable bonds is 2. The van der Waals surface area contributed by atoms with Crippen LogP contribution in [0.1, 0.15) is 6.92 Å². The number of piperazine rings is 1. The van der Waals surface area contributed by atoms with Crippen molar-refractivity contribution >= 4 is 11.8 Å². The lowest BCUT2D eigenvalue weighted by atomic mass is 10.3. The average Bonchev–Trinajstić information content (AvgIpc) is 2.40. The molecule has 1 fully saturated rings. The molecule has 0 radical (unpaired) electrons. The summed E-state index contributed by atoms with van der Waals surface area (Å²) in [7, 11) is 0. The van der Waals surface area contributed by atoms with Crippen LogP contribution in [0.4, 0.5) is 5.82 Å². The predicted octanol–water partition coefficient (Wildman–Crippen LogP) is 0.538. The van der Waals surface area contributed by atoms with Gasteiger partial charge in [-0.3, -0.25) is 4.99 Å². The Morgan fingerprint density at radius 3 is 2.71 bits per heavy atom. The maximum absolute atomic E-state index is 5.88. The van der Waals surface area contributed by atoms with Gasteiger partial charge in [0.15, 0.2) is 5.96 Å². The third kappa shape index (κ3) is 2.87. The van der Waals surface area contributed by atoms with Gasteiger partial charge in [0.25, 0.3) is 0 Å². The number of aromatic nitrogens is 1. The minimum absolute atomic E-state index is 0.660. The van der Waals surface area contributed by atoms with Crippen LogP contribution in [0.15, 0.2) is 29.4 Å². The van der Waals surface area contributed by atoms with Crippen molar-refractivity contribution in [2.45, 2.75) is 6.92 Å². The molecule has 0 spiro atoms. The normalized spacial score (nSPS) is 17.4. The molecule has 0 atom stereocenters. The van der Waals surface area contributed by atoms with E-state index in [2.05, 4.69) is 19.8 Å². The van der Waals surface area contributed by atoms with Gasteiger partial charge < -0.3 is 15.5 Å². The van der Waals surface area contributed by atoms with Crippen molar-refractivity contribution < 1.29 is 0 Å². The van der Waals surface area contributed by atoms with E-state index in [0.717, 1.165) is 38.5 Å². The summed E-state index contributed by atoms with van der Waals surface area (Å²) in [6.07, 6.45) is 1.83. The molecule has 5 heteroatoms. The van der Waals surface area contributed by atoms with Gasteiger partial charge in [0.05, 0.1) is 0 Å². The van der Waals surface area contributed by atoms with Crippen molar-refractivity contribution in [2.75, 3.05) is 37.6 Å². The van der Waals surface area contributed by atoms with Gasteiger partial charge in [0, 0.05) is 38.9 Å². The van der Waals surface area contributed by atoms with Gasteiger partial charge in [-0.15, -0.1) is 0 Å². The van der Waals surface area contributed by atoms with E-state index < -0.39 is 0 Å². The largest absolute Gasteiger partial charge is 0.370 e. The third-order valence-electron chi connectivity index (χ3n) is 2.90. The van der Waals surface area contributed by atoms with Crippen molar-refractivity contribution in [1.82, 2.24) is 9.88 Å². The average molecular weight is 233 g/mol. The maximum Gasteiger partial charge on any atom is 0.191 e. The number of nitrogens with two attached hydrogens (primary N) is 1. The van der Waals surface area contributed by atoms with E-state index in [1.54, 1.807) is 0 Å². The number of anilines is 1. The van der Waals surface area contributed by atoms with Gasteiger partial charge in [-0.2, -0.15) is 0 Å². The van der Waals surface area contributed by atoms with Gasteiger partial charge in [0.2, 0.25) is 0 Å². The molecule has 0 aliphatic carbocycles. The Labute approximate surface area is 102 Å². The van der Waals surface area contributed by atoms with Crippen LogP contribution in [0.5, 0.6) is 0 Å². The monoisotopic (exact) mass is 233 g/mol. The summed E-state index contributed by atoms with van der Waals surface area (Å²) in [4.78, 5) is 13.0. The summed E-state index contributed by atoms with van der Waals surface area (Å²) in [5, 5.41) is 0. The van der Waals surface area contributed by atoms with Crippen LogP contribution in [-0.2, 0) is 0 Å². The van der Waals surface area contributed by atoms with Crippen LogP contribution in [0.25, 0.3) is 0 Å². The van der Waals surface area contributed by atoms with Crippen molar-refractivity contribution in [1.29, 1.82) is 0 Å². The van der Waals surface area contributed by atoms with Crippen molar-refractivity contribution in [2.24, 2.45) is 10.7 Å². The van der Waals surface area contributed by atoms with E-state index >= 15 is 0 Å². The molecule has 1 aliphatic rings.